The predicted molar refractivity (Wildman–Crippen MR) is 78.0 cm³/mol. The van der Waals surface area contributed by atoms with Crippen LogP contribution in [0.5, 0.6) is 11.5 Å². The van der Waals surface area contributed by atoms with Crippen LogP contribution in [0.25, 0.3) is 0 Å². The summed E-state index contributed by atoms with van der Waals surface area (Å²) < 4.78 is 62.7. The van der Waals surface area contributed by atoms with Crippen molar-refractivity contribution >= 4 is 10.0 Å². The van der Waals surface area contributed by atoms with Crippen molar-refractivity contribution < 1.29 is 26.7 Å². The Morgan fingerprint density at radius 2 is 1.77 bits per heavy atom. The molecular formula is C13H20F2N2O4S. The van der Waals surface area contributed by atoms with Gasteiger partial charge in [0.15, 0.2) is 11.5 Å². The van der Waals surface area contributed by atoms with Crippen LogP contribution < -0.4 is 19.9 Å². The first kappa shape index (κ1) is 18.6. The quantitative estimate of drug-likeness (QED) is 0.709. The Hall–Kier alpha value is -1.45. The molecule has 0 atom stereocenters. The van der Waals surface area contributed by atoms with E-state index in [2.05, 4.69) is 0 Å². The van der Waals surface area contributed by atoms with Crippen LogP contribution in [-0.2, 0) is 10.0 Å². The van der Waals surface area contributed by atoms with Crippen LogP contribution in [0.3, 0.4) is 0 Å². The van der Waals surface area contributed by atoms with Crippen LogP contribution in [0, 0.1) is 0 Å². The van der Waals surface area contributed by atoms with Gasteiger partial charge in [0, 0.05) is 6.07 Å². The Bertz CT molecular complexity index is 594. The highest BCUT2D eigenvalue weighted by Crippen LogP contribution is 2.30. The van der Waals surface area contributed by atoms with Crippen molar-refractivity contribution in [2.24, 2.45) is 5.73 Å². The fourth-order valence-electron chi connectivity index (χ4n) is 1.55. The molecule has 0 unspecified atom stereocenters. The zero-order chi connectivity index (χ0) is 16.8. The second-order valence-electron chi connectivity index (χ2n) is 4.36. The third-order valence-corrected chi connectivity index (χ3v) is 4.04. The van der Waals surface area contributed by atoms with E-state index in [1.54, 1.807) is 13.8 Å². The Balaban J connectivity index is 3.01. The summed E-state index contributed by atoms with van der Waals surface area (Å²) in [6.45, 7) is 2.19. The topological polar surface area (TPSA) is 90.7 Å². The Morgan fingerprint density at radius 3 is 2.32 bits per heavy atom. The molecular weight excluding hydrogens is 318 g/mol. The molecule has 0 bridgehead atoms. The molecule has 0 spiro atoms. The number of hydrogen-bond donors (Lipinski definition) is 2. The fourth-order valence-corrected chi connectivity index (χ4v) is 2.63. The van der Waals surface area contributed by atoms with E-state index in [-0.39, 0.29) is 10.6 Å². The number of rotatable bonds is 9. The molecule has 1 aromatic carbocycles. The van der Waals surface area contributed by atoms with E-state index < -0.39 is 29.0 Å². The van der Waals surface area contributed by atoms with Gasteiger partial charge in [-0.2, -0.15) is 0 Å². The van der Waals surface area contributed by atoms with Gasteiger partial charge in [-0.1, -0.05) is 0 Å². The molecule has 0 aromatic heterocycles. The van der Waals surface area contributed by atoms with Gasteiger partial charge < -0.3 is 15.2 Å². The van der Waals surface area contributed by atoms with Crippen molar-refractivity contribution in [3.63, 3.8) is 0 Å². The van der Waals surface area contributed by atoms with Gasteiger partial charge in [-0.3, -0.25) is 0 Å². The van der Waals surface area contributed by atoms with Crippen molar-refractivity contribution in [2.45, 2.75) is 24.7 Å². The lowest BCUT2D eigenvalue weighted by Gasteiger charge is -2.16. The second-order valence-corrected chi connectivity index (χ2v) is 6.13. The average molecular weight is 338 g/mol. The molecule has 0 amide bonds. The molecule has 0 fully saturated rings. The van der Waals surface area contributed by atoms with Gasteiger partial charge in [-0.15, -0.1) is 0 Å². The standard InChI is InChI=1S/C13H20F2N2O4S/c1-3-20-11-6-5-10(7-12(11)21-4-2)22(18,19)17-9-13(14,15)8-16/h5-7,17H,3-4,8-9,16H2,1-2H3. The minimum absolute atomic E-state index is 0.188. The molecule has 3 N–H and O–H groups in total. The molecule has 1 aromatic rings. The largest absolute Gasteiger partial charge is 0.490 e. The van der Waals surface area contributed by atoms with Crippen LogP contribution >= 0.6 is 0 Å². The molecule has 0 aliphatic carbocycles. The molecule has 126 valence electrons. The van der Waals surface area contributed by atoms with E-state index in [4.69, 9.17) is 15.2 Å². The Morgan fingerprint density at radius 1 is 1.18 bits per heavy atom. The van der Waals surface area contributed by atoms with Gasteiger partial charge in [0.25, 0.3) is 5.92 Å². The maximum absolute atomic E-state index is 13.1. The van der Waals surface area contributed by atoms with Crippen molar-refractivity contribution in [1.82, 2.24) is 4.72 Å². The summed E-state index contributed by atoms with van der Waals surface area (Å²) in [7, 11) is -4.10. The highest BCUT2D eigenvalue weighted by Gasteiger charge is 2.29. The molecule has 0 heterocycles. The highest BCUT2D eigenvalue weighted by atomic mass is 32.2. The van der Waals surface area contributed by atoms with Gasteiger partial charge in [0.1, 0.15) is 0 Å². The summed E-state index contributed by atoms with van der Waals surface area (Å²) in [5.74, 6) is -2.69. The second kappa shape index (κ2) is 7.70. The van der Waals surface area contributed by atoms with Crippen LogP contribution in [0.2, 0.25) is 0 Å². The summed E-state index contributed by atoms with van der Waals surface area (Å²) in [6.07, 6.45) is 0. The predicted octanol–water partition coefficient (Wildman–Crippen LogP) is 1.36. The third-order valence-electron chi connectivity index (χ3n) is 2.64. The lowest BCUT2D eigenvalue weighted by atomic mass is 10.3. The molecule has 1 rings (SSSR count). The van der Waals surface area contributed by atoms with Gasteiger partial charge in [-0.05, 0) is 26.0 Å². The molecule has 0 aliphatic rings. The van der Waals surface area contributed by atoms with E-state index >= 15 is 0 Å². The van der Waals surface area contributed by atoms with Gasteiger partial charge in [-0.25, -0.2) is 21.9 Å². The van der Waals surface area contributed by atoms with Crippen LogP contribution in [-0.4, -0.2) is 40.6 Å². The monoisotopic (exact) mass is 338 g/mol. The number of sulfonamides is 1. The minimum atomic E-state index is -4.10. The zero-order valence-corrected chi connectivity index (χ0v) is 13.3. The molecule has 0 aliphatic heterocycles. The number of halogens is 2. The average Bonchev–Trinajstić information content (AvgIpc) is 2.48. The van der Waals surface area contributed by atoms with Crippen molar-refractivity contribution in [1.29, 1.82) is 0 Å². The molecule has 9 heteroatoms. The molecule has 6 nitrogen and oxygen atoms in total. The maximum atomic E-state index is 13.1. The third kappa shape index (κ3) is 5.08. The first-order chi connectivity index (χ1) is 10.3. The number of benzene rings is 1. The first-order valence-corrected chi connectivity index (χ1v) is 8.21. The lowest BCUT2D eigenvalue weighted by molar-refractivity contribution is 0.0170. The van der Waals surface area contributed by atoms with Crippen LogP contribution in [0.15, 0.2) is 23.1 Å². The van der Waals surface area contributed by atoms with Crippen molar-refractivity contribution in [3.8, 4) is 11.5 Å². The van der Waals surface area contributed by atoms with Crippen LogP contribution in [0.4, 0.5) is 8.78 Å². The Kier molecular flexibility index (Phi) is 6.51. The molecule has 0 radical (unpaired) electrons. The molecule has 0 saturated carbocycles. The molecule has 0 saturated heterocycles. The normalized spacial score (nSPS) is 12.2. The SMILES string of the molecule is CCOc1ccc(S(=O)(=O)NCC(F)(F)CN)cc1OCC. The van der Waals surface area contributed by atoms with Crippen LogP contribution in [0.1, 0.15) is 13.8 Å². The van der Waals surface area contributed by atoms with E-state index in [1.165, 1.54) is 18.2 Å². The van der Waals surface area contributed by atoms with Gasteiger partial charge >= 0.3 is 0 Å². The van der Waals surface area contributed by atoms with Gasteiger partial charge in [0.2, 0.25) is 10.0 Å². The summed E-state index contributed by atoms with van der Waals surface area (Å²) in [4.78, 5) is -0.188. The summed E-state index contributed by atoms with van der Waals surface area (Å²) in [6, 6.07) is 3.91. The maximum Gasteiger partial charge on any atom is 0.273 e. The molecule has 22 heavy (non-hydrogen) atoms. The van der Waals surface area contributed by atoms with E-state index in [9.17, 15) is 17.2 Å². The van der Waals surface area contributed by atoms with Crippen molar-refractivity contribution in [2.75, 3.05) is 26.3 Å². The number of nitrogens with two attached hydrogens (primary N) is 1. The lowest BCUT2D eigenvalue weighted by Crippen LogP contribution is -2.41. The van der Waals surface area contributed by atoms with E-state index in [1.807, 2.05) is 4.72 Å². The fraction of sp³-hybridized carbons (Fsp3) is 0.538. The smallest absolute Gasteiger partial charge is 0.273 e. The first-order valence-electron chi connectivity index (χ1n) is 6.73. The number of ether oxygens (including phenoxy) is 2. The summed E-state index contributed by atoms with van der Waals surface area (Å²) in [5.41, 5.74) is 4.87. The summed E-state index contributed by atoms with van der Waals surface area (Å²) >= 11 is 0. The zero-order valence-electron chi connectivity index (χ0n) is 12.4. The highest BCUT2D eigenvalue weighted by molar-refractivity contribution is 7.89. The minimum Gasteiger partial charge on any atom is -0.490 e. The number of nitrogens with one attached hydrogen (secondary N) is 1. The van der Waals surface area contributed by atoms with E-state index in [0.29, 0.717) is 19.0 Å². The summed E-state index contributed by atoms with van der Waals surface area (Å²) in [5, 5.41) is 0. The number of hydrogen-bond acceptors (Lipinski definition) is 5. The van der Waals surface area contributed by atoms with E-state index in [0.717, 1.165) is 0 Å². The number of alkyl halides is 2. The van der Waals surface area contributed by atoms with Gasteiger partial charge in [0.05, 0.1) is 31.2 Å². The van der Waals surface area contributed by atoms with Crippen molar-refractivity contribution in [3.05, 3.63) is 18.2 Å². The Labute approximate surface area is 128 Å².